The molecular formula is C16H28O. The number of rotatable bonds is 0. The van der Waals surface area contributed by atoms with E-state index in [0.717, 1.165) is 19.3 Å². The first-order valence-corrected chi connectivity index (χ1v) is 7.48. The molecule has 17 heavy (non-hydrogen) atoms. The molecule has 1 aliphatic carbocycles. The van der Waals surface area contributed by atoms with Crippen LogP contribution in [0.5, 0.6) is 0 Å². The van der Waals surface area contributed by atoms with Crippen LogP contribution in [0.3, 0.4) is 0 Å². The number of allylic oxidation sites excluding steroid dienone is 2. The van der Waals surface area contributed by atoms with Gasteiger partial charge in [-0.05, 0) is 25.7 Å². The normalized spacial score (nSPS) is 28.1. The van der Waals surface area contributed by atoms with Gasteiger partial charge in [-0.1, -0.05) is 57.6 Å². The molecule has 0 saturated heterocycles. The van der Waals surface area contributed by atoms with Crippen molar-refractivity contribution in [3.63, 3.8) is 0 Å². The molecule has 0 bridgehead atoms. The Morgan fingerprint density at radius 2 is 1.47 bits per heavy atom. The number of ketones is 1. The maximum Gasteiger partial charge on any atom is 0.136 e. The highest BCUT2D eigenvalue weighted by molar-refractivity contribution is 5.80. The first-order chi connectivity index (χ1) is 8.30. The second-order valence-corrected chi connectivity index (χ2v) is 5.44. The van der Waals surface area contributed by atoms with Crippen LogP contribution in [-0.4, -0.2) is 5.78 Å². The van der Waals surface area contributed by atoms with Gasteiger partial charge in [-0.3, -0.25) is 4.79 Å². The fraction of sp³-hybridized carbons (Fsp3) is 0.812. The summed E-state index contributed by atoms with van der Waals surface area (Å²) in [6.07, 6.45) is 17.9. The van der Waals surface area contributed by atoms with Gasteiger partial charge in [0.2, 0.25) is 0 Å². The van der Waals surface area contributed by atoms with E-state index in [-0.39, 0.29) is 5.92 Å². The molecule has 1 unspecified atom stereocenters. The molecule has 0 saturated carbocycles. The molecule has 1 nitrogen and oxygen atoms in total. The van der Waals surface area contributed by atoms with Gasteiger partial charge < -0.3 is 0 Å². The zero-order valence-corrected chi connectivity index (χ0v) is 11.4. The van der Waals surface area contributed by atoms with Gasteiger partial charge in [-0.2, -0.15) is 0 Å². The van der Waals surface area contributed by atoms with E-state index in [1.54, 1.807) is 0 Å². The van der Waals surface area contributed by atoms with Gasteiger partial charge >= 0.3 is 0 Å². The number of hydrogen-bond acceptors (Lipinski definition) is 1. The Morgan fingerprint density at radius 3 is 2.18 bits per heavy atom. The summed E-state index contributed by atoms with van der Waals surface area (Å²) in [5.41, 5.74) is 0. The standard InChI is InChI=1S/C16H28O/c1-15-13-11-9-7-5-3-2-4-6-8-10-12-14-16(15)17/h9,11,15H,2-8,10,12-14H2,1H3/b11-9-. The van der Waals surface area contributed by atoms with Gasteiger partial charge in [-0.25, -0.2) is 0 Å². The molecule has 0 N–H and O–H groups in total. The van der Waals surface area contributed by atoms with Crippen LogP contribution < -0.4 is 0 Å². The van der Waals surface area contributed by atoms with Crippen LogP contribution in [0.15, 0.2) is 12.2 Å². The Bertz CT molecular complexity index is 230. The van der Waals surface area contributed by atoms with Crippen molar-refractivity contribution >= 4 is 5.78 Å². The van der Waals surface area contributed by atoms with Crippen LogP contribution in [0.4, 0.5) is 0 Å². The molecule has 0 spiro atoms. The second kappa shape index (κ2) is 9.44. The Morgan fingerprint density at radius 1 is 0.882 bits per heavy atom. The summed E-state index contributed by atoms with van der Waals surface area (Å²) in [4.78, 5) is 11.8. The first-order valence-electron chi connectivity index (χ1n) is 7.48. The summed E-state index contributed by atoms with van der Waals surface area (Å²) in [5, 5.41) is 0. The molecule has 1 aliphatic rings. The maximum absolute atomic E-state index is 11.8. The molecule has 0 aromatic rings. The fourth-order valence-corrected chi connectivity index (χ4v) is 2.42. The lowest BCUT2D eigenvalue weighted by Gasteiger charge is -2.07. The molecule has 0 aromatic carbocycles. The van der Waals surface area contributed by atoms with E-state index in [1.807, 2.05) is 0 Å². The molecule has 1 rings (SSSR count). The SMILES string of the molecule is CC1C/C=C\CCCCCCCCCCC1=O. The van der Waals surface area contributed by atoms with Crippen molar-refractivity contribution in [1.29, 1.82) is 0 Å². The highest BCUT2D eigenvalue weighted by Gasteiger charge is 2.10. The number of Topliss-reactive ketones (excluding diaryl/α,β-unsaturated/α-hetero) is 1. The zero-order valence-electron chi connectivity index (χ0n) is 11.4. The first kappa shape index (κ1) is 14.5. The quantitative estimate of drug-likeness (QED) is 0.538. The van der Waals surface area contributed by atoms with E-state index in [4.69, 9.17) is 0 Å². The monoisotopic (exact) mass is 236 g/mol. The third-order valence-electron chi connectivity index (χ3n) is 3.75. The predicted octanol–water partition coefficient (Wildman–Crippen LogP) is 5.05. The van der Waals surface area contributed by atoms with Gasteiger partial charge in [0.25, 0.3) is 0 Å². The van der Waals surface area contributed by atoms with Gasteiger partial charge in [-0.15, -0.1) is 0 Å². The van der Waals surface area contributed by atoms with Crippen LogP contribution in [0, 0.1) is 5.92 Å². The van der Waals surface area contributed by atoms with E-state index in [9.17, 15) is 4.79 Å². The summed E-state index contributed by atoms with van der Waals surface area (Å²) in [6.45, 7) is 2.07. The van der Waals surface area contributed by atoms with Crippen molar-refractivity contribution in [2.75, 3.05) is 0 Å². The average Bonchev–Trinajstić information content (AvgIpc) is 2.34. The summed E-state index contributed by atoms with van der Waals surface area (Å²) in [7, 11) is 0. The lowest BCUT2D eigenvalue weighted by molar-refractivity contribution is -0.122. The summed E-state index contributed by atoms with van der Waals surface area (Å²) < 4.78 is 0. The van der Waals surface area contributed by atoms with E-state index in [0.29, 0.717) is 5.78 Å². The van der Waals surface area contributed by atoms with E-state index in [2.05, 4.69) is 19.1 Å². The number of carbonyl (C=O) groups excluding carboxylic acids is 1. The topological polar surface area (TPSA) is 17.1 Å². The average molecular weight is 236 g/mol. The minimum absolute atomic E-state index is 0.233. The molecule has 98 valence electrons. The molecule has 0 fully saturated rings. The Balaban J connectivity index is 2.32. The summed E-state index contributed by atoms with van der Waals surface area (Å²) in [6, 6.07) is 0. The third kappa shape index (κ3) is 7.36. The van der Waals surface area contributed by atoms with Crippen molar-refractivity contribution < 1.29 is 4.79 Å². The highest BCUT2D eigenvalue weighted by Crippen LogP contribution is 2.15. The van der Waals surface area contributed by atoms with Crippen molar-refractivity contribution in [2.24, 2.45) is 5.92 Å². The molecule has 0 aliphatic heterocycles. The maximum atomic E-state index is 11.8. The second-order valence-electron chi connectivity index (χ2n) is 5.44. The predicted molar refractivity (Wildman–Crippen MR) is 74.1 cm³/mol. The number of hydrogen-bond donors (Lipinski definition) is 0. The Kier molecular flexibility index (Phi) is 8.04. The molecule has 1 atom stereocenters. The summed E-state index contributed by atoms with van der Waals surface area (Å²) in [5.74, 6) is 0.695. The number of carbonyl (C=O) groups is 1. The molecule has 0 amide bonds. The van der Waals surface area contributed by atoms with Crippen LogP contribution >= 0.6 is 0 Å². The molecular weight excluding hydrogens is 208 g/mol. The lowest BCUT2D eigenvalue weighted by Crippen LogP contribution is -2.09. The Hall–Kier alpha value is -0.590. The molecule has 1 heteroatoms. The Labute approximate surface area is 107 Å². The van der Waals surface area contributed by atoms with E-state index >= 15 is 0 Å². The fourth-order valence-electron chi connectivity index (χ4n) is 2.42. The van der Waals surface area contributed by atoms with Crippen molar-refractivity contribution in [3.8, 4) is 0 Å². The van der Waals surface area contributed by atoms with Crippen LogP contribution in [0.2, 0.25) is 0 Å². The van der Waals surface area contributed by atoms with Crippen LogP contribution in [-0.2, 0) is 4.79 Å². The van der Waals surface area contributed by atoms with Crippen LogP contribution in [0.1, 0.15) is 77.6 Å². The largest absolute Gasteiger partial charge is 0.299 e. The third-order valence-corrected chi connectivity index (χ3v) is 3.75. The van der Waals surface area contributed by atoms with Gasteiger partial charge in [0, 0.05) is 12.3 Å². The minimum atomic E-state index is 0.233. The molecule has 0 aromatic heterocycles. The smallest absolute Gasteiger partial charge is 0.136 e. The van der Waals surface area contributed by atoms with Crippen molar-refractivity contribution in [1.82, 2.24) is 0 Å². The van der Waals surface area contributed by atoms with Crippen LogP contribution in [0.25, 0.3) is 0 Å². The van der Waals surface area contributed by atoms with Gasteiger partial charge in [0.05, 0.1) is 0 Å². The summed E-state index contributed by atoms with van der Waals surface area (Å²) >= 11 is 0. The van der Waals surface area contributed by atoms with Crippen molar-refractivity contribution in [3.05, 3.63) is 12.2 Å². The van der Waals surface area contributed by atoms with Crippen molar-refractivity contribution in [2.45, 2.75) is 77.6 Å². The molecule has 0 radical (unpaired) electrons. The zero-order chi connectivity index (χ0) is 12.3. The highest BCUT2D eigenvalue weighted by atomic mass is 16.1. The van der Waals surface area contributed by atoms with E-state index < -0.39 is 0 Å². The minimum Gasteiger partial charge on any atom is -0.299 e. The van der Waals surface area contributed by atoms with Gasteiger partial charge in [0.15, 0.2) is 0 Å². The van der Waals surface area contributed by atoms with E-state index in [1.165, 1.54) is 51.4 Å². The lowest BCUT2D eigenvalue weighted by atomic mass is 9.97. The van der Waals surface area contributed by atoms with Gasteiger partial charge in [0.1, 0.15) is 5.78 Å². The molecule has 0 heterocycles.